The lowest BCUT2D eigenvalue weighted by Gasteiger charge is -2.18. The molecule has 0 saturated heterocycles. The van der Waals surface area contributed by atoms with Crippen LogP contribution in [0, 0.1) is 0 Å². The monoisotopic (exact) mass is 324 g/mol. The van der Waals surface area contributed by atoms with Gasteiger partial charge in [-0.05, 0) is 30.3 Å². The molecule has 0 radical (unpaired) electrons. The van der Waals surface area contributed by atoms with Crippen LogP contribution in [0.4, 0.5) is 5.69 Å². The predicted molar refractivity (Wildman–Crippen MR) is 90.2 cm³/mol. The van der Waals surface area contributed by atoms with Gasteiger partial charge >= 0.3 is 0 Å². The van der Waals surface area contributed by atoms with Crippen molar-refractivity contribution in [2.75, 3.05) is 25.6 Å². The summed E-state index contributed by atoms with van der Waals surface area (Å²) in [5.74, 6) is 1.85. The second kappa shape index (κ2) is 5.81. The molecule has 1 aliphatic rings. The maximum absolute atomic E-state index is 12.5. The van der Waals surface area contributed by atoms with E-state index in [-0.39, 0.29) is 5.91 Å². The number of rotatable bonds is 3. The van der Waals surface area contributed by atoms with Gasteiger partial charge in [-0.15, -0.1) is 0 Å². The van der Waals surface area contributed by atoms with Crippen molar-refractivity contribution in [3.63, 3.8) is 0 Å². The molecule has 2 heterocycles. The molecule has 6 heteroatoms. The maximum atomic E-state index is 12.5. The molecule has 0 fully saturated rings. The van der Waals surface area contributed by atoms with E-state index in [9.17, 15) is 4.79 Å². The van der Waals surface area contributed by atoms with E-state index in [1.807, 2.05) is 24.3 Å². The first kappa shape index (κ1) is 14.4. The number of anilines is 1. The van der Waals surface area contributed by atoms with Gasteiger partial charge in [0.15, 0.2) is 11.5 Å². The lowest BCUT2D eigenvalue weighted by atomic mass is 10.2. The number of carbonyl (C=O) groups is 1. The standard InChI is InChI=1S/C18H16N2O4/c1-22-13-4-2-11-8-15(20-14(11)10-13)18(21)19-12-3-5-16-17(9-12)24-7-6-23-16/h2-5,8-10,20H,6-7H2,1H3,(H,19,21). The fourth-order valence-electron chi connectivity index (χ4n) is 2.68. The summed E-state index contributed by atoms with van der Waals surface area (Å²) >= 11 is 0. The van der Waals surface area contributed by atoms with Crippen molar-refractivity contribution in [1.82, 2.24) is 4.98 Å². The Labute approximate surface area is 138 Å². The van der Waals surface area contributed by atoms with Crippen LogP contribution >= 0.6 is 0 Å². The number of hydrogen-bond donors (Lipinski definition) is 2. The van der Waals surface area contributed by atoms with E-state index in [4.69, 9.17) is 14.2 Å². The SMILES string of the molecule is COc1ccc2cc(C(=O)Nc3ccc4c(c3)OCCO4)[nH]c2c1. The van der Waals surface area contributed by atoms with Gasteiger partial charge in [0.05, 0.1) is 7.11 Å². The first-order valence-electron chi connectivity index (χ1n) is 7.61. The Kier molecular flexibility index (Phi) is 3.49. The molecule has 0 spiro atoms. The van der Waals surface area contributed by atoms with E-state index < -0.39 is 0 Å². The molecule has 0 atom stereocenters. The summed E-state index contributed by atoms with van der Waals surface area (Å²) in [6, 6.07) is 12.8. The summed E-state index contributed by atoms with van der Waals surface area (Å²) < 4.78 is 16.2. The molecule has 3 aromatic rings. The molecule has 0 saturated carbocycles. The third-order valence-electron chi connectivity index (χ3n) is 3.87. The lowest BCUT2D eigenvalue weighted by Crippen LogP contribution is -2.16. The molecular weight excluding hydrogens is 308 g/mol. The summed E-state index contributed by atoms with van der Waals surface area (Å²) in [5.41, 5.74) is 1.98. The highest BCUT2D eigenvalue weighted by molar-refractivity contribution is 6.06. The number of benzene rings is 2. The van der Waals surface area contributed by atoms with Gasteiger partial charge < -0.3 is 24.5 Å². The number of fused-ring (bicyclic) bond motifs is 2. The zero-order valence-corrected chi connectivity index (χ0v) is 13.1. The third-order valence-corrected chi connectivity index (χ3v) is 3.87. The zero-order chi connectivity index (χ0) is 16.5. The minimum absolute atomic E-state index is 0.221. The predicted octanol–water partition coefficient (Wildman–Crippen LogP) is 3.20. The number of methoxy groups -OCH3 is 1. The molecule has 2 aromatic carbocycles. The summed E-state index contributed by atoms with van der Waals surface area (Å²) in [4.78, 5) is 15.6. The van der Waals surface area contributed by atoms with Crippen LogP contribution in [0.1, 0.15) is 10.5 Å². The number of hydrogen-bond acceptors (Lipinski definition) is 4. The number of carbonyl (C=O) groups excluding carboxylic acids is 1. The third kappa shape index (κ3) is 2.62. The number of aromatic amines is 1. The van der Waals surface area contributed by atoms with Gasteiger partial charge in [-0.25, -0.2) is 0 Å². The van der Waals surface area contributed by atoms with Crippen molar-refractivity contribution in [2.24, 2.45) is 0 Å². The molecule has 1 amide bonds. The van der Waals surface area contributed by atoms with Crippen LogP contribution in [0.2, 0.25) is 0 Å². The second-order valence-corrected chi connectivity index (χ2v) is 5.45. The van der Waals surface area contributed by atoms with Crippen molar-refractivity contribution < 1.29 is 19.0 Å². The number of ether oxygens (including phenoxy) is 3. The Hall–Kier alpha value is -3.15. The van der Waals surface area contributed by atoms with Gasteiger partial charge in [-0.2, -0.15) is 0 Å². The van der Waals surface area contributed by atoms with Crippen LogP contribution in [0.5, 0.6) is 17.2 Å². The summed E-state index contributed by atoms with van der Waals surface area (Å²) in [5, 5.41) is 3.81. The molecule has 1 aliphatic heterocycles. The van der Waals surface area contributed by atoms with Crippen molar-refractivity contribution >= 4 is 22.5 Å². The van der Waals surface area contributed by atoms with E-state index in [2.05, 4.69) is 10.3 Å². The first-order valence-corrected chi connectivity index (χ1v) is 7.61. The minimum atomic E-state index is -0.221. The average Bonchev–Trinajstić information content (AvgIpc) is 3.05. The smallest absolute Gasteiger partial charge is 0.272 e. The van der Waals surface area contributed by atoms with E-state index in [0.717, 1.165) is 16.7 Å². The summed E-state index contributed by atoms with van der Waals surface area (Å²) in [7, 11) is 1.61. The van der Waals surface area contributed by atoms with Crippen LogP contribution in [0.3, 0.4) is 0 Å². The second-order valence-electron chi connectivity index (χ2n) is 5.45. The number of amides is 1. The van der Waals surface area contributed by atoms with Gasteiger partial charge in [0.25, 0.3) is 5.91 Å². The first-order chi connectivity index (χ1) is 11.7. The van der Waals surface area contributed by atoms with E-state index in [0.29, 0.717) is 36.1 Å². The molecule has 0 bridgehead atoms. The summed E-state index contributed by atoms with van der Waals surface area (Å²) in [6.07, 6.45) is 0. The van der Waals surface area contributed by atoms with Gasteiger partial charge in [0, 0.05) is 28.7 Å². The van der Waals surface area contributed by atoms with Gasteiger partial charge in [0.2, 0.25) is 0 Å². The van der Waals surface area contributed by atoms with E-state index >= 15 is 0 Å². The van der Waals surface area contributed by atoms with Crippen molar-refractivity contribution in [1.29, 1.82) is 0 Å². The highest BCUT2D eigenvalue weighted by Crippen LogP contribution is 2.32. The molecular formula is C18H16N2O4. The average molecular weight is 324 g/mol. The van der Waals surface area contributed by atoms with Crippen molar-refractivity contribution in [3.8, 4) is 17.2 Å². The van der Waals surface area contributed by atoms with Crippen LogP contribution in [0.15, 0.2) is 42.5 Å². The van der Waals surface area contributed by atoms with Gasteiger partial charge in [-0.1, -0.05) is 0 Å². The quantitative estimate of drug-likeness (QED) is 0.776. The van der Waals surface area contributed by atoms with Gasteiger partial charge in [-0.3, -0.25) is 4.79 Å². The topological polar surface area (TPSA) is 72.6 Å². The van der Waals surface area contributed by atoms with Crippen molar-refractivity contribution in [3.05, 3.63) is 48.2 Å². The zero-order valence-electron chi connectivity index (χ0n) is 13.1. The van der Waals surface area contributed by atoms with Crippen LogP contribution in [-0.4, -0.2) is 31.2 Å². The van der Waals surface area contributed by atoms with Crippen LogP contribution < -0.4 is 19.5 Å². The Balaban J connectivity index is 1.57. The van der Waals surface area contributed by atoms with Crippen LogP contribution in [0.25, 0.3) is 10.9 Å². The molecule has 0 unspecified atom stereocenters. The maximum Gasteiger partial charge on any atom is 0.272 e. The molecule has 24 heavy (non-hydrogen) atoms. The normalized spacial score (nSPS) is 12.9. The Morgan fingerprint density at radius 2 is 1.92 bits per heavy atom. The number of nitrogens with one attached hydrogen (secondary N) is 2. The Morgan fingerprint density at radius 1 is 1.08 bits per heavy atom. The summed E-state index contributed by atoms with van der Waals surface area (Å²) in [6.45, 7) is 1.05. The highest BCUT2D eigenvalue weighted by atomic mass is 16.6. The fourth-order valence-corrected chi connectivity index (χ4v) is 2.68. The molecule has 1 aromatic heterocycles. The van der Waals surface area contributed by atoms with Gasteiger partial charge in [0.1, 0.15) is 24.7 Å². The molecule has 122 valence electrons. The Bertz CT molecular complexity index is 917. The minimum Gasteiger partial charge on any atom is -0.497 e. The fraction of sp³-hybridized carbons (Fsp3) is 0.167. The van der Waals surface area contributed by atoms with E-state index in [1.54, 1.807) is 25.3 Å². The molecule has 6 nitrogen and oxygen atoms in total. The number of aromatic nitrogens is 1. The number of H-pyrrole nitrogens is 1. The highest BCUT2D eigenvalue weighted by Gasteiger charge is 2.14. The Morgan fingerprint density at radius 3 is 2.75 bits per heavy atom. The molecule has 0 aliphatic carbocycles. The molecule has 2 N–H and O–H groups in total. The van der Waals surface area contributed by atoms with Crippen molar-refractivity contribution in [2.45, 2.75) is 0 Å². The molecule has 4 rings (SSSR count). The lowest BCUT2D eigenvalue weighted by molar-refractivity contribution is 0.102. The van der Waals surface area contributed by atoms with Crippen LogP contribution in [-0.2, 0) is 0 Å². The largest absolute Gasteiger partial charge is 0.497 e. The van der Waals surface area contributed by atoms with E-state index in [1.165, 1.54) is 0 Å².